The van der Waals surface area contributed by atoms with Gasteiger partial charge in [0.05, 0.1) is 11.0 Å². The van der Waals surface area contributed by atoms with E-state index < -0.39 is 0 Å². The number of anilines is 2. The number of imidazole rings is 1. The van der Waals surface area contributed by atoms with Crippen LogP contribution in [-0.4, -0.2) is 25.3 Å². The average molecular weight is 307 g/mol. The summed E-state index contributed by atoms with van der Waals surface area (Å²) in [5.41, 5.74) is 3.41. The van der Waals surface area contributed by atoms with Crippen LogP contribution in [0.1, 0.15) is 17.3 Å². The normalized spacial score (nSPS) is 11.2. The number of oxazole rings is 1. The van der Waals surface area contributed by atoms with E-state index in [1.165, 1.54) is 6.92 Å². The van der Waals surface area contributed by atoms with Crippen LogP contribution in [0, 0.1) is 0 Å². The van der Waals surface area contributed by atoms with E-state index in [4.69, 9.17) is 4.42 Å². The minimum atomic E-state index is 0.0112. The highest BCUT2D eigenvalue weighted by Crippen LogP contribution is 2.24. The molecule has 0 radical (unpaired) electrons. The van der Waals surface area contributed by atoms with Gasteiger partial charge in [-0.25, -0.2) is 9.97 Å². The van der Waals surface area contributed by atoms with Gasteiger partial charge in [-0.15, -0.1) is 0 Å². The summed E-state index contributed by atoms with van der Waals surface area (Å²) in [6.45, 7) is 1.54. The van der Waals surface area contributed by atoms with Crippen molar-refractivity contribution in [2.45, 2.75) is 6.92 Å². The monoisotopic (exact) mass is 307 g/mol. The molecular formula is C16H13N5O2. The number of aryl methyl sites for hydroxylation is 1. The van der Waals surface area contributed by atoms with Gasteiger partial charge in [-0.05, 0) is 37.3 Å². The van der Waals surface area contributed by atoms with E-state index in [2.05, 4.69) is 20.3 Å². The topological polar surface area (TPSA) is 85.8 Å². The molecule has 0 bridgehead atoms. The summed E-state index contributed by atoms with van der Waals surface area (Å²) in [6.07, 6.45) is 1.66. The molecule has 1 N–H and O–H groups in total. The molecule has 0 fully saturated rings. The lowest BCUT2D eigenvalue weighted by molar-refractivity contribution is 0.101. The van der Waals surface area contributed by atoms with E-state index >= 15 is 0 Å². The SMILES string of the molecule is CC(=O)c1ccc2c(c1)nc(Nc1nc3ncccc3o1)n2C. The summed E-state index contributed by atoms with van der Waals surface area (Å²) in [7, 11) is 1.88. The minimum absolute atomic E-state index is 0.0112. The third-order valence-electron chi connectivity index (χ3n) is 3.67. The predicted molar refractivity (Wildman–Crippen MR) is 85.8 cm³/mol. The van der Waals surface area contributed by atoms with Crippen LogP contribution in [0.4, 0.5) is 12.0 Å². The van der Waals surface area contributed by atoms with Gasteiger partial charge in [-0.2, -0.15) is 4.98 Å². The van der Waals surface area contributed by atoms with E-state index in [1.807, 2.05) is 17.7 Å². The molecule has 0 aliphatic heterocycles. The quantitative estimate of drug-likeness (QED) is 0.585. The first kappa shape index (κ1) is 13.4. The number of hydrogen-bond donors (Lipinski definition) is 1. The Balaban J connectivity index is 1.76. The van der Waals surface area contributed by atoms with Crippen LogP contribution in [0.2, 0.25) is 0 Å². The number of aromatic nitrogens is 4. The number of rotatable bonds is 3. The molecule has 0 atom stereocenters. The van der Waals surface area contributed by atoms with Crippen LogP contribution in [-0.2, 0) is 7.05 Å². The maximum absolute atomic E-state index is 11.5. The zero-order valence-corrected chi connectivity index (χ0v) is 12.6. The third-order valence-corrected chi connectivity index (χ3v) is 3.67. The maximum atomic E-state index is 11.5. The number of Topliss-reactive ketones (excluding diaryl/α,β-unsaturated/α-hetero) is 1. The summed E-state index contributed by atoms with van der Waals surface area (Å²) in [6, 6.07) is 9.35. The Morgan fingerprint density at radius 1 is 1.26 bits per heavy atom. The number of ketones is 1. The summed E-state index contributed by atoms with van der Waals surface area (Å²) in [4.78, 5) is 24.4. The molecule has 3 heterocycles. The second kappa shape index (κ2) is 4.91. The minimum Gasteiger partial charge on any atom is -0.421 e. The molecule has 7 nitrogen and oxygen atoms in total. The molecule has 0 aliphatic rings. The lowest BCUT2D eigenvalue weighted by atomic mass is 10.1. The Kier molecular flexibility index (Phi) is 2.87. The fourth-order valence-electron chi connectivity index (χ4n) is 2.45. The van der Waals surface area contributed by atoms with Crippen molar-refractivity contribution in [3.8, 4) is 0 Å². The number of fused-ring (bicyclic) bond motifs is 2. The lowest BCUT2D eigenvalue weighted by Crippen LogP contribution is -1.99. The van der Waals surface area contributed by atoms with Crippen LogP contribution in [0.3, 0.4) is 0 Å². The predicted octanol–water partition coefficient (Wildman–Crippen LogP) is 3.06. The Morgan fingerprint density at radius 3 is 2.91 bits per heavy atom. The Morgan fingerprint density at radius 2 is 2.13 bits per heavy atom. The van der Waals surface area contributed by atoms with Crippen molar-refractivity contribution in [2.24, 2.45) is 7.05 Å². The van der Waals surface area contributed by atoms with Gasteiger partial charge in [0.2, 0.25) is 11.6 Å². The highest BCUT2D eigenvalue weighted by atomic mass is 16.4. The zero-order chi connectivity index (χ0) is 16.0. The summed E-state index contributed by atoms with van der Waals surface area (Å²) in [5.74, 6) is 0.587. The first-order valence-corrected chi connectivity index (χ1v) is 7.08. The largest absolute Gasteiger partial charge is 0.421 e. The molecule has 23 heavy (non-hydrogen) atoms. The van der Waals surface area contributed by atoms with Crippen LogP contribution in [0.5, 0.6) is 0 Å². The maximum Gasteiger partial charge on any atom is 0.304 e. The van der Waals surface area contributed by atoms with Gasteiger partial charge in [-0.3, -0.25) is 10.1 Å². The molecule has 0 amide bonds. The standard InChI is InChI=1S/C16H13N5O2/c1-9(22)10-5-6-12-11(8-10)18-15(21(12)2)20-16-19-14-13(23-16)4-3-7-17-14/h3-8H,1-2H3,(H,17,18,19,20). The van der Waals surface area contributed by atoms with Gasteiger partial charge in [0.15, 0.2) is 11.4 Å². The molecule has 114 valence electrons. The van der Waals surface area contributed by atoms with Crippen molar-refractivity contribution < 1.29 is 9.21 Å². The number of benzene rings is 1. The van der Waals surface area contributed by atoms with Gasteiger partial charge in [0.25, 0.3) is 0 Å². The summed E-state index contributed by atoms with van der Waals surface area (Å²) in [5, 5.41) is 3.05. The van der Waals surface area contributed by atoms with E-state index in [9.17, 15) is 4.79 Å². The summed E-state index contributed by atoms with van der Waals surface area (Å²) < 4.78 is 7.47. The van der Waals surface area contributed by atoms with E-state index in [-0.39, 0.29) is 5.78 Å². The van der Waals surface area contributed by atoms with Crippen molar-refractivity contribution in [1.82, 2.24) is 19.5 Å². The van der Waals surface area contributed by atoms with Crippen LogP contribution in [0.15, 0.2) is 40.9 Å². The van der Waals surface area contributed by atoms with Gasteiger partial charge in [-0.1, -0.05) is 0 Å². The second-order valence-electron chi connectivity index (χ2n) is 5.22. The summed E-state index contributed by atoms with van der Waals surface area (Å²) >= 11 is 0. The van der Waals surface area contributed by atoms with Crippen molar-refractivity contribution in [3.05, 3.63) is 42.1 Å². The van der Waals surface area contributed by atoms with Crippen molar-refractivity contribution in [3.63, 3.8) is 0 Å². The van der Waals surface area contributed by atoms with Gasteiger partial charge >= 0.3 is 6.01 Å². The zero-order valence-electron chi connectivity index (χ0n) is 12.6. The first-order chi connectivity index (χ1) is 11.1. The molecule has 0 aliphatic carbocycles. The Bertz CT molecular complexity index is 1010. The Labute approximate surface area is 131 Å². The van der Waals surface area contributed by atoms with Gasteiger partial charge in [0.1, 0.15) is 0 Å². The molecule has 0 saturated heterocycles. The molecule has 0 unspecified atom stereocenters. The fourth-order valence-corrected chi connectivity index (χ4v) is 2.45. The Hall–Kier alpha value is -3.22. The van der Waals surface area contributed by atoms with E-state index in [0.29, 0.717) is 28.8 Å². The van der Waals surface area contributed by atoms with Gasteiger partial charge in [0, 0.05) is 18.8 Å². The van der Waals surface area contributed by atoms with Crippen LogP contribution < -0.4 is 5.32 Å². The number of nitrogens with zero attached hydrogens (tertiary/aromatic N) is 4. The van der Waals surface area contributed by atoms with Crippen molar-refractivity contribution in [1.29, 1.82) is 0 Å². The molecule has 1 aromatic carbocycles. The second-order valence-corrected chi connectivity index (χ2v) is 5.22. The number of nitrogens with one attached hydrogen (secondary N) is 1. The number of pyridine rings is 1. The smallest absolute Gasteiger partial charge is 0.304 e. The van der Waals surface area contributed by atoms with E-state index in [0.717, 1.165) is 11.0 Å². The molecule has 4 rings (SSSR count). The highest BCUT2D eigenvalue weighted by Gasteiger charge is 2.13. The molecule has 0 spiro atoms. The molecule has 0 saturated carbocycles. The number of hydrogen-bond acceptors (Lipinski definition) is 6. The first-order valence-electron chi connectivity index (χ1n) is 7.08. The third kappa shape index (κ3) is 2.22. The molecule has 7 heteroatoms. The number of carbonyl (C=O) groups excluding carboxylic acids is 1. The van der Waals surface area contributed by atoms with Crippen molar-refractivity contribution in [2.75, 3.05) is 5.32 Å². The lowest BCUT2D eigenvalue weighted by Gasteiger charge is -2.01. The fraction of sp³-hybridized carbons (Fsp3) is 0.125. The van der Waals surface area contributed by atoms with E-state index in [1.54, 1.807) is 30.5 Å². The van der Waals surface area contributed by atoms with Gasteiger partial charge < -0.3 is 8.98 Å². The molecular weight excluding hydrogens is 294 g/mol. The highest BCUT2D eigenvalue weighted by molar-refractivity contribution is 5.97. The van der Waals surface area contributed by atoms with Crippen molar-refractivity contribution >= 4 is 40.0 Å². The molecule has 3 aromatic heterocycles. The van der Waals surface area contributed by atoms with Crippen LogP contribution >= 0.6 is 0 Å². The number of carbonyl (C=O) groups is 1. The average Bonchev–Trinajstić information content (AvgIpc) is 3.08. The molecule has 4 aromatic rings. The van der Waals surface area contributed by atoms with Crippen LogP contribution in [0.25, 0.3) is 22.3 Å².